The lowest BCUT2D eigenvalue weighted by Gasteiger charge is -2.12. The number of aromatic nitrogens is 3. The van der Waals surface area contributed by atoms with E-state index in [1.165, 1.54) is 32.1 Å². The minimum Gasteiger partial charge on any atom is -0.507 e. The fourth-order valence-corrected chi connectivity index (χ4v) is 3.74. The van der Waals surface area contributed by atoms with Gasteiger partial charge in [0.2, 0.25) is 0 Å². The summed E-state index contributed by atoms with van der Waals surface area (Å²) in [5.41, 5.74) is 4.07. The monoisotopic (exact) mass is 415 g/mol. The van der Waals surface area contributed by atoms with Gasteiger partial charge < -0.3 is 9.84 Å². The van der Waals surface area contributed by atoms with Gasteiger partial charge in [-0.25, -0.2) is 0 Å². The SMILES string of the molecule is CCCCCCCCOc1ccc(-c2ccccc2-n2nc3ccccc3n2)c(O)c1. The van der Waals surface area contributed by atoms with Gasteiger partial charge in [0.1, 0.15) is 22.5 Å². The first-order chi connectivity index (χ1) is 15.3. The topological polar surface area (TPSA) is 60.2 Å². The van der Waals surface area contributed by atoms with Crippen LogP contribution in [0.2, 0.25) is 0 Å². The maximum atomic E-state index is 10.7. The summed E-state index contributed by atoms with van der Waals surface area (Å²) in [7, 11) is 0. The highest BCUT2D eigenvalue weighted by Gasteiger charge is 2.14. The highest BCUT2D eigenvalue weighted by molar-refractivity contribution is 5.79. The molecular weight excluding hydrogens is 386 g/mol. The Kier molecular flexibility index (Phi) is 6.82. The minimum absolute atomic E-state index is 0.185. The Labute approximate surface area is 183 Å². The Hall–Kier alpha value is -3.34. The van der Waals surface area contributed by atoms with E-state index in [1.807, 2.05) is 60.7 Å². The second-order valence-corrected chi connectivity index (χ2v) is 7.79. The number of para-hydroxylation sites is 1. The van der Waals surface area contributed by atoms with Crippen molar-refractivity contribution in [2.45, 2.75) is 45.4 Å². The Morgan fingerprint density at radius 3 is 2.19 bits per heavy atom. The van der Waals surface area contributed by atoms with Crippen molar-refractivity contribution >= 4 is 11.0 Å². The van der Waals surface area contributed by atoms with Gasteiger partial charge in [0.05, 0.1) is 12.3 Å². The van der Waals surface area contributed by atoms with Gasteiger partial charge in [0.25, 0.3) is 0 Å². The molecule has 0 aliphatic heterocycles. The number of fused-ring (bicyclic) bond motifs is 1. The molecule has 0 spiro atoms. The van der Waals surface area contributed by atoms with Crippen LogP contribution in [-0.2, 0) is 0 Å². The van der Waals surface area contributed by atoms with Gasteiger partial charge >= 0.3 is 0 Å². The number of aromatic hydroxyl groups is 1. The first-order valence-corrected chi connectivity index (χ1v) is 11.1. The fourth-order valence-electron chi connectivity index (χ4n) is 3.74. The maximum Gasteiger partial charge on any atom is 0.127 e. The molecule has 0 bridgehead atoms. The predicted molar refractivity (Wildman–Crippen MR) is 125 cm³/mol. The molecule has 0 aliphatic rings. The first-order valence-electron chi connectivity index (χ1n) is 11.1. The van der Waals surface area contributed by atoms with Crippen LogP contribution in [0.25, 0.3) is 27.8 Å². The quantitative estimate of drug-likeness (QED) is 0.299. The van der Waals surface area contributed by atoms with E-state index in [9.17, 15) is 5.11 Å². The van der Waals surface area contributed by atoms with Crippen molar-refractivity contribution in [3.8, 4) is 28.3 Å². The number of hydrogen-bond donors (Lipinski definition) is 1. The van der Waals surface area contributed by atoms with Gasteiger partial charge in [-0.2, -0.15) is 0 Å². The summed E-state index contributed by atoms with van der Waals surface area (Å²) in [5, 5.41) is 19.9. The molecule has 0 unspecified atom stereocenters. The minimum atomic E-state index is 0.185. The third-order valence-corrected chi connectivity index (χ3v) is 5.43. The molecule has 1 aromatic heterocycles. The number of nitrogens with zero attached hydrogens (tertiary/aromatic N) is 3. The van der Waals surface area contributed by atoms with Crippen molar-refractivity contribution in [2.75, 3.05) is 6.61 Å². The van der Waals surface area contributed by atoms with Gasteiger partial charge in [0, 0.05) is 17.2 Å². The molecule has 0 radical (unpaired) electrons. The number of rotatable bonds is 10. The van der Waals surface area contributed by atoms with Crippen LogP contribution in [0.3, 0.4) is 0 Å². The molecule has 3 aromatic carbocycles. The number of benzene rings is 3. The maximum absolute atomic E-state index is 10.7. The molecule has 0 saturated heterocycles. The van der Waals surface area contributed by atoms with Crippen molar-refractivity contribution in [3.63, 3.8) is 0 Å². The first kappa shape index (κ1) is 20.9. The Bertz CT molecular complexity index is 1100. The molecule has 1 N–H and O–H groups in total. The van der Waals surface area contributed by atoms with E-state index >= 15 is 0 Å². The van der Waals surface area contributed by atoms with Crippen LogP contribution in [0, 0.1) is 0 Å². The number of unbranched alkanes of at least 4 members (excludes halogenated alkanes) is 5. The van der Waals surface area contributed by atoms with E-state index in [2.05, 4.69) is 17.1 Å². The summed E-state index contributed by atoms with van der Waals surface area (Å²) >= 11 is 0. The van der Waals surface area contributed by atoms with E-state index in [4.69, 9.17) is 4.74 Å². The smallest absolute Gasteiger partial charge is 0.127 e. The van der Waals surface area contributed by atoms with Gasteiger partial charge in [-0.3, -0.25) is 0 Å². The molecule has 0 fully saturated rings. The molecule has 5 nitrogen and oxygen atoms in total. The largest absolute Gasteiger partial charge is 0.507 e. The van der Waals surface area contributed by atoms with Crippen LogP contribution in [0.15, 0.2) is 66.7 Å². The molecule has 0 saturated carbocycles. The van der Waals surface area contributed by atoms with E-state index in [-0.39, 0.29) is 5.75 Å². The number of ether oxygens (including phenoxy) is 1. The van der Waals surface area contributed by atoms with Crippen LogP contribution in [0.4, 0.5) is 0 Å². The zero-order valence-electron chi connectivity index (χ0n) is 18.0. The summed E-state index contributed by atoms with van der Waals surface area (Å²) < 4.78 is 5.85. The molecular formula is C26H29N3O2. The molecule has 0 aliphatic carbocycles. The van der Waals surface area contributed by atoms with Crippen LogP contribution >= 0.6 is 0 Å². The second kappa shape index (κ2) is 10.1. The standard InChI is InChI=1S/C26H29N3O2/c1-2-3-4-5-6-11-18-31-20-16-17-22(26(30)19-20)21-12-7-10-15-25(21)29-27-23-13-8-9-14-24(23)28-29/h7-10,12-17,19,30H,2-6,11,18H2,1H3. The molecule has 1 heterocycles. The van der Waals surface area contributed by atoms with E-state index in [0.29, 0.717) is 12.4 Å². The van der Waals surface area contributed by atoms with Crippen LogP contribution in [-0.4, -0.2) is 26.7 Å². The van der Waals surface area contributed by atoms with Gasteiger partial charge in [0.15, 0.2) is 0 Å². The number of hydrogen-bond acceptors (Lipinski definition) is 4. The zero-order valence-corrected chi connectivity index (χ0v) is 18.0. The zero-order chi connectivity index (χ0) is 21.5. The third kappa shape index (κ3) is 5.05. The molecule has 31 heavy (non-hydrogen) atoms. The normalized spacial score (nSPS) is 11.1. The van der Waals surface area contributed by atoms with Crippen molar-refractivity contribution in [1.82, 2.24) is 15.0 Å². The summed E-state index contributed by atoms with van der Waals surface area (Å²) in [4.78, 5) is 1.63. The molecule has 160 valence electrons. The summed E-state index contributed by atoms with van der Waals surface area (Å²) in [5.74, 6) is 0.875. The van der Waals surface area contributed by atoms with Crippen molar-refractivity contribution < 1.29 is 9.84 Å². The van der Waals surface area contributed by atoms with Crippen molar-refractivity contribution in [2.24, 2.45) is 0 Å². The lowest BCUT2D eigenvalue weighted by atomic mass is 10.0. The van der Waals surface area contributed by atoms with Crippen LogP contribution < -0.4 is 4.74 Å². The Balaban J connectivity index is 1.49. The molecule has 0 amide bonds. The highest BCUT2D eigenvalue weighted by atomic mass is 16.5. The van der Waals surface area contributed by atoms with Crippen molar-refractivity contribution in [3.05, 3.63) is 66.7 Å². The van der Waals surface area contributed by atoms with Gasteiger partial charge in [-0.1, -0.05) is 69.4 Å². The summed E-state index contributed by atoms with van der Waals surface area (Å²) in [6.45, 7) is 2.90. The molecule has 0 atom stereocenters. The van der Waals surface area contributed by atoms with E-state index in [1.54, 1.807) is 10.9 Å². The average molecular weight is 416 g/mol. The molecule has 5 heteroatoms. The third-order valence-electron chi connectivity index (χ3n) is 5.43. The number of phenols is 1. The Morgan fingerprint density at radius 2 is 1.45 bits per heavy atom. The van der Waals surface area contributed by atoms with Crippen LogP contribution in [0.5, 0.6) is 11.5 Å². The summed E-state index contributed by atoms with van der Waals surface area (Å²) in [6, 6.07) is 21.1. The average Bonchev–Trinajstić information content (AvgIpc) is 3.23. The van der Waals surface area contributed by atoms with E-state index in [0.717, 1.165) is 34.3 Å². The predicted octanol–water partition coefficient (Wildman–Crippen LogP) is 6.53. The highest BCUT2D eigenvalue weighted by Crippen LogP contribution is 2.35. The van der Waals surface area contributed by atoms with Crippen molar-refractivity contribution in [1.29, 1.82) is 0 Å². The fraction of sp³-hybridized carbons (Fsp3) is 0.308. The van der Waals surface area contributed by atoms with Gasteiger partial charge in [-0.05, 0) is 36.8 Å². The van der Waals surface area contributed by atoms with Crippen LogP contribution in [0.1, 0.15) is 45.4 Å². The number of phenolic OH excluding ortho intramolecular Hbond substituents is 1. The Morgan fingerprint density at radius 1 is 0.774 bits per heavy atom. The lowest BCUT2D eigenvalue weighted by Crippen LogP contribution is -2.01. The van der Waals surface area contributed by atoms with Gasteiger partial charge in [-0.15, -0.1) is 15.0 Å². The molecule has 4 aromatic rings. The molecule has 4 rings (SSSR count). The van der Waals surface area contributed by atoms with E-state index < -0.39 is 0 Å². The lowest BCUT2D eigenvalue weighted by molar-refractivity contribution is 0.303. The second-order valence-electron chi connectivity index (χ2n) is 7.79. The summed E-state index contributed by atoms with van der Waals surface area (Å²) in [6.07, 6.45) is 7.34.